The maximum atomic E-state index is 12.0. The van der Waals surface area contributed by atoms with Gasteiger partial charge < -0.3 is 10.1 Å². The van der Waals surface area contributed by atoms with Crippen LogP contribution in [0.2, 0.25) is 0 Å². The van der Waals surface area contributed by atoms with Crippen LogP contribution in [0.4, 0.5) is 11.4 Å². The molecule has 116 valence electrons. The average Bonchev–Trinajstić information content (AvgIpc) is 3.00. The van der Waals surface area contributed by atoms with Crippen molar-refractivity contribution in [3.8, 4) is 5.75 Å². The minimum atomic E-state index is -0.508. The minimum absolute atomic E-state index is 0.0883. The lowest BCUT2D eigenvalue weighted by molar-refractivity contribution is -0.384. The molecule has 0 saturated heterocycles. The normalized spacial score (nSPS) is 10.2. The molecule has 6 nitrogen and oxygen atoms in total. The molecule has 0 aliphatic heterocycles. The first kappa shape index (κ1) is 16.0. The van der Waals surface area contributed by atoms with Gasteiger partial charge in [-0.15, -0.1) is 11.3 Å². The quantitative estimate of drug-likeness (QED) is 0.624. The number of nitrogens with zero attached hydrogens (tertiary/aromatic N) is 1. The number of thiophene rings is 1. The van der Waals surface area contributed by atoms with Crippen LogP contribution in [-0.4, -0.2) is 17.9 Å². The van der Waals surface area contributed by atoms with Gasteiger partial charge in [0, 0.05) is 23.4 Å². The van der Waals surface area contributed by atoms with E-state index in [9.17, 15) is 14.9 Å². The highest BCUT2D eigenvalue weighted by Crippen LogP contribution is 2.29. The molecular weight excluding hydrogens is 304 g/mol. The highest BCUT2D eigenvalue weighted by atomic mass is 32.1. The maximum Gasteiger partial charge on any atom is 0.271 e. The number of nitrogens with one attached hydrogen (secondary N) is 1. The number of non-ortho nitro benzene ring substituents is 1. The van der Waals surface area contributed by atoms with Gasteiger partial charge in [0.25, 0.3) is 5.69 Å². The molecule has 0 unspecified atom stereocenters. The van der Waals surface area contributed by atoms with Crippen molar-refractivity contribution in [2.24, 2.45) is 0 Å². The molecule has 7 heteroatoms. The van der Waals surface area contributed by atoms with Crippen molar-refractivity contribution in [3.05, 3.63) is 50.7 Å². The van der Waals surface area contributed by atoms with E-state index in [1.165, 1.54) is 30.2 Å². The van der Waals surface area contributed by atoms with Crippen LogP contribution in [0.1, 0.15) is 17.7 Å². The molecule has 0 atom stereocenters. The van der Waals surface area contributed by atoms with Crippen molar-refractivity contribution in [2.75, 3.05) is 12.4 Å². The van der Waals surface area contributed by atoms with Crippen LogP contribution < -0.4 is 10.1 Å². The topological polar surface area (TPSA) is 81.5 Å². The monoisotopic (exact) mass is 320 g/mol. The van der Waals surface area contributed by atoms with Crippen LogP contribution in [0, 0.1) is 10.1 Å². The number of hydrogen-bond acceptors (Lipinski definition) is 5. The van der Waals surface area contributed by atoms with E-state index in [-0.39, 0.29) is 11.6 Å². The molecule has 2 rings (SSSR count). The zero-order valence-corrected chi connectivity index (χ0v) is 12.9. The number of rotatable bonds is 7. The summed E-state index contributed by atoms with van der Waals surface area (Å²) in [5, 5.41) is 15.5. The third-order valence-electron chi connectivity index (χ3n) is 3.08. The summed E-state index contributed by atoms with van der Waals surface area (Å²) in [7, 11) is 1.45. The molecule has 1 amide bonds. The SMILES string of the molecule is COc1ccc([N+](=O)[O-])cc1NC(=O)CCCc1cccs1. The van der Waals surface area contributed by atoms with Gasteiger partial charge in [-0.2, -0.15) is 0 Å². The molecular formula is C15H16N2O4S. The van der Waals surface area contributed by atoms with E-state index >= 15 is 0 Å². The van der Waals surface area contributed by atoms with Crippen molar-refractivity contribution < 1.29 is 14.5 Å². The summed E-state index contributed by atoms with van der Waals surface area (Å²) in [5.41, 5.74) is 0.229. The fourth-order valence-corrected chi connectivity index (χ4v) is 2.75. The Bertz CT molecular complexity index is 656. The first-order valence-electron chi connectivity index (χ1n) is 6.75. The van der Waals surface area contributed by atoms with E-state index in [4.69, 9.17) is 4.74 Å². The first-order chi connectivity index (χ1) is 10.6. The smallest absolute Gasteiger partial charge is 0.271 e. The number of nitro groups is 1. The lowest BCUT2D eigenvalue weighted by Crippen LogP contribution is -2.12. The summed E-state index contributed by atoms with van der Waals surface area (Å²) in [4.78, 5) is 23.5. The van der Waals surface area contributed by atoms with Crippen LogP contribution in [0.3, 0.4) is 0 Å². The van der Waals surface area contributed by atoms with Gasteiger partial charge >= 0.3 is 0 Å². The third kappa shape index (κ3) is 4.29. The second kappa shape index (κ2) is 7.56. The number of carbonyl (C=O) groups excluding carboxylic acids is 1. The van der Waals surface area contributed by atoms with Crippen LogP contribution in [0.15, 0.2) is 35.7 Å². The van der Waals surface area contributed by atoms with Gasteiger partial charge in [-0.25, -0.2) is 0 Å². The maximum absolute atomic E-state index is 12.0. The van der Waals surface area contributed by atoms with E-state index in [0.717, 1.165) is 12.8 Å². The predicted molar refractivity (Wildman–Crippen MR) is 85.5 cm³/mol. The van der Waals surface area contributed by atoms with E-state index in [0.29, 0.717) is 17.9 Å². The number of carbonyl (C=O) groups is 1. The average molecular weight is 320 g/mol. The summed E-state index contributed by atoms with van der Waals surface area (Å²) in [6.07, 6.45) is 1.92. The van der Waals surface area contributed by atoms with Crippen molar-refractivity contribution in [2.45, 2.75) is 19.3 Å². The number of nitro benzene ring substituents is 1. The zero-order valence-electron chi connectivity index (χ0n) is 12.1. The number of benzene rings is 1. The van der Waals surface area contributed by atoms with E-state index < -0.39 is 4.92 Å². The van der Waals surface area contributed by atoms with Crippen molar-refractivity contribution in [1.29, 1.82) is 0 Å². The summed E-state index contributed by atoms with van der Waals surface area (Å²) >= 11 is 1.66. The summed E-state index contributed by atoms with van der Waals surface area (Å²) in [6, 6.07) is 8.13. The number of anilines is 1. The van der Waals surface area contributed by atoms with Gasteiger partial charge in [-0.1, -0.05) is 6.07 Å². The van der Waals surface area contributed by atoms with Gasteiger partial charge in [-0.3, -0.25) is 14.9 Å². The molecule has 0 spiro atoms. The highest BCUT2D eigenvalue weighted by Gasteiger charge is 2.13. The Morgan fingerprint density at radius 1 is 1.41 bits per heavy atom. The Kier molecular flexibility index (Phi) is 5.48. The molecule has 2 aromatic rings. The van der Waals surface area contributed by atoms with Gasteiger partial charge in [0.05, 0.1) is 17.7 Å². The second-order valence-corrected chi connectivity index (χ2v) is 5.66. The molecule has 1 heterocycles. The summed E-state index contributed by atoms with van der Waals surface area (Å²) < 4.78 is 5.11. The lowest BCUT2D eigenvalue weighted by Gasteiger charge is -2.09. The fraction of sp³-hybridized carbons (Fsp3) is 0.267. The number of amides is 1. The zero-order chi connectivity index (χ0) is 15.9. The molecule has 1 N–H and O–H groups in total. The Morgan fingerprint density at radius 3 is 2.86 bits per heavy atom. The molecule has 1 aromatic heterocycles. The number of hydrogen-bond donors (Lipinski definition) is 1. The molecule has 0 bridgehead atoms. The van der Waals surface area contributed by atoms with Crippen molar-refractivity contribution in [3.63, 3.8) is 0 Å². The number of aryl methyl sites for hydroxylation is 1. The molecule has 0 aliphatic carbocycles. The number of methoxy groups -OCH3 is 1. The van der Waals surface area contributed by atoms with Gasteiger partial charge in [-0.05, 0) is 30.4 Å². The van der Waals surface area contributed by atoms with Crippen LogP contribution in [0.5, 0.6) is 5.75 Å². The Morgan fingerprint density at radius 2 is 2.23 bits per heavy atom. The van der Waals surface area contributed by atoms with Crippen LogP contribution >= 0.6 is 11.3 Å². The Labute approximate surface area is 131 Å². The number of ether oxygens (including phenoxy) is 1. The van der Waals surface area contributed by atoms with Crippen LogP contribution in [-0.2, 0) is 11.2 Å². The largest absolute Gasteiger partial charge is 0.495 e. The first-order valence-corrected chi connectivity index (χ1v) is 7.63. The summed E-state index contributed by atoms with van der Waals surface area (Å²) in [5.74, 6) is 0.215. The second-order valence-electron chi connectivity index (χ2n) is 4.62. The van der Waals surface area contributed by atoms with E-state index in [2.05, 4.69) is 5.32 Å². The Hall–Kier alpha value is -2.41. The minimum Gasteiger partial charge on any atom is -0.495 e. The highest BCUT2D eigenvalue weighted by molar-refractivity contribution is 7.09. The summed E-state index contributed by atoms with van der Waals surface area (Å²) in [6.45, 7) is 0. The molecule has 22 heavy (non-hydrogen) atoms. The van der Waals surface area contributed by atoms with Gasteiger partial charge in [0.1, 0.15) is 5.75 Å². The van der Waals surface area contributed by atoms with E-state index in [1.807, 2.05) is 17.5 Å². The third-order valence-corrected chi connectivity index (χ3v) is 4.01. The van der Waals surface area contributed by atoms with Gasteiger partial charge in [0.15, 0.2) is 0 Å². The molecule has 0 aliphatic rings. The van der Waals surface area contributed by atoms with E-state index in [1.54, 1.807) is 11.3 Å². The molecule has 0 fully saturated rings. The fourth-order valence-electron chi connectivity index (χ4n) is 2.00. The predicted octanol–water partition coefficient (Wildman–Crippen LogP) is 3.63. The molecule has 0 saturated carbocycles. The van der Waals surface area contributed by atoms with Crippen molar-refractivity contribution >= 4 is 28.6 Å². The lowest BCUT2D eigenvalue weighted by atomic mass is 10.2. The molecule has 0 radical (unpaired) electrons. The van der Waals surface area contributed by atoms with Crippen molar-refractivity contribution in [1.82, 2.24) is 0 Å². The van der Waals surface area contributed by atoms with Gasteiger partial charge in [0.2, 0.25) is 5.91 Å². The molecule has 1 aromatic carbocycles. The Balaban J connectivity index is 1.95. The van der Waals surface area contributed by atoms with Crippen LogP contribution in [0.25, 0.3) is 0 Å². The standard InChI is InChI=1S/C15H16N2O4S/c1-21-14-8-7-11(17(19)20)10-13(14)16-15(18)6-2-4-12-5-3-9-22-12/h3,5,7-10H,2,4,6H2,1H3,(H,16,18).